The predicted molar refractivity (Wildman–Crippen MR) is 79.4 cm³/mol. The summed E-state index contributed by atoms with van der Waals surface area (Å²) in [5.41, 5.74) is 0. The lowest BCUT2D eigenvalue weighted by Crippen LogP contribution is -2.41. The summed E-state index contributed by atoms with van der Waals surface area (Å²) >= 11 is 1.63. The van der Waals surface area contributed by atoms with Crippen LogP contribution in [0.2, 0.25) is 0 Å². The number of ether oxygens (including phenoxy) is 1. The smallest absolute Gasteiger partial charge is 0.238 e. The summed E-state index contributed by atoms with van der Waals surface area (Å²) < 4.78 is 5.40. The fourth-order valence-corrected chi connectivity index (χ4v) is 2.71. The average molecular weight is 308 g/mol. The summed E-state index contributed by atoms with van der Waals surface area (Å²) in [5.74, 6) is 1.37. The number of nitrogens with one attached hydrogen (secondary N) is 1. The summed E-state index contributed by atoms with van der Waals surface area (Å²) in [7, 11) is 0. The third kappa shape index (κ3) is 7.02. The van der Waals surface area contributed by atoms with Gasteiger partial charge >= 0.3 is 0 Å². The zero-order valence-corrected chi connectivity index (χ0v) is 13.1. The second kappa shape index (κ2) is 10.3. The van der Waals surface area contributed by atoms with E-state index in [1.54, 1.807) is 16.7 Å². The number of rotatable bonds is 7. The summed E-state index contributed by atoms with van der Waals surface area (Å²) in [6.45, 7) is 5.78. The van der Waals surface area contributed by atoms with Crippen LogP contribution < -0.4 is 5.32 Å². The number of carbonyl (C=O) groups is 1. The molecule has 110 valence electrons. The molecule has 19 heavy (non-hydrogen) atoms. The van der Waals surface area contributed by atoms with Crippen LogP contribution in [0.15, 0.2) is 0 Å². The molecule has 0 unspecified atom stereocenters. The Bertz CT molecular complexity index is 310. The molecule has 0 aromatic carbocycles. The van der Waals surface area contributed by atoms with E-state index in [1.807, 2.05) is 13.8 Å². The van der Waals surface area contributed by atoms with E-state index in [1.165, 1.54) is 0 Å². The fourth-order valence-electron chi connectivity index (χ4n) is 1.61. The Morgan fingerprint density at radius 3 is 3.00 bits per heavy atom. The molecule has 1 amide bonds. The quantitative estimate of drug-likeness (QED) is 0.717. The van der Waals surface area contributed by atoms with Crippen LogP contribution in [0.3, 0.4) is 0 Å². The minimum absolute atomic E-state index is 0. The molecule has 5 nitrogen and oxygen atoms in total. The van der Waals surface area contributed by atoms with Crippen molar-refractivity contribution < 1.29 is 9.53 Å². The maximum absolute atomic E-state index is 11.8. The van der Waals surface area contributed by atoms with Crippen molar-refractivity contribution in [2.45, 2.75) is 32.4 Å². The van der Waals surface area contributed by atoms with Crippen molar-refractivity contribution in [1.29, 1.82) is 5.26 Å². The Kier molecular flexibility index (Phi) is 10.1. The van der Waals surface area contributed by atoms with Gasteiger partial charge in [0, 0.05) is 12.4 Å². The molecule has 0 radical (unpaired) electrons. The number of carbonyl (C=O) groups excluding carboxylic acids is 1. The molecule has 1 atom stereocenters. The van der Waals surface area contributed by atoms with Gasteiger partial charge in [0.2, 0.25) is 5.91 Å². The van der Waals surface area contributed by atoms with Gasteiger partial charge < -0.3 is 15.0 Å². The number of halogens is 1. The van der Waals surface area contributed by atoms with Crippen molar-refractivity contribution in [3.63, 3.8) is 0 Å². The molecule has 1 rings (SSSR count). The number of hydrogen-bond acceptors (Lipinski definition) is 5. The molecule has 1 aliphatic heterocycles. The first kappa shape index (κ1) is 18.5. The minimum atomic E-state index is -0.256. The lowest BCUT2D eigenvalue weighted by molar-refractivity contribution is -0.129. The van der Waals surface area contributed by atoms with E-state index >= 15 is 0 Å². The molecule has 7 heteroatoms. The van der Waals surface area contributed by atoms with E-state index in [0.717, 1.165) is 18.7 Å². The van der Waals surface area contributed by atoms with Gasteiger partial charge in [0.1, 0.15) is 6.04 Å². The predicted octanol–water partition coefficient (Wildman–Crippen LogP) is 1.24. The molecule has 0 spiro atoms. The molecular weight excluding hydrogens is 286 g/mol. The van der Waals surface area contributed by atoms with Crippen LogP contribution in [0.1, 0.15) is 20.3 Å². The molecule has 1 saturated heterocycles. The van der Waals surface area contributed by atoms with Crippen LogP contribution >= 0.6 is 24.2 Å². The summed E-state index contributed by atoms with van der Waals surface area (Å²) in [6, 6.07) is 1.90. The van der Waals surface area contributed by atoms with Crippen LogP contribution in [0.25, 0.3) is 0 Å². The van der Waals surface area contributed by atoms with Crippen molar-refractivity contribution in [3.8, 4) is 6.07 Å². The first-order chi connectivity index (χ1) is 8.65. The zero-order chi connectivity index (χ0) is 13.4. The van der Waals surface area contributed by atoms with Crippen LogP contribution in [0, 0.1) is 11.3 Å². The number of hydrogen-bond donors (Lipinski definition) is 1. The maximum atomic E-state index is 11.8. The standard InChI is InChI=1S/C12H21N3O2S.ClH/c1-10(2)17-5-3-4-14-7-12(16)15-9-18-8-11(15)6-13;/h10-11,14H,3-5,7-9H2,1-2H3;1H/t11-;/m1./s1. The van der Waals surface area contributed by atoms with E-state index in [2.05, 4.69) is 11.4 Å². The molecule has 0 bridgehead atoms. The Hall–Kier alpha value is -0.480. The fraction of sp³-hybridized carbons (Fsp3) is 0.833. The summed E-state index contributed by atoms with van der Waals surface area (Å²) in [4.78, 5) is 13.5. The topological polar surface area (TPSA) is 65.4 Å². The number of thioether (sulfide) groups is 1. The molecule has 0 aliphatic carbocycles. The van der Waals surface area contributed by atoms with E-state index < -0.39 is 0 Å². The summed E-state index contributed by atoms with van der Waals surface area (Å²) in [6.07, 6.45) is 1.15. The van der Waals surface area contributed by atoms with E-state index in [4.69, 9.17) is 10.00 Å². The van der Waals surface area contributed by atoms with Crippen molar-refractivity contribution in [2.24, 2.45) is 0 Å². The molecule has 1 heterocycles. The third-order valence-electron chi connectivity index (χ3n) is 2.58. The molecular formula is C12H22ClN3O2S. The van der Waals surface area contributed by atoms with Gasteiger partial charge in [-0.3, -0.25) is 4.79 Å². The average Bonchev–Trinajstić information content (AvgIpc) is 2.81. The van der Waals surface area contributed by atoms with Gasteiger partial charge in [-0.05, 0) is 26.8 Å². The van der Waals surface area contributed by atoms with Gasteiger partial charge in [-0.15, -0.1) is 24.2 Å². The van der Waals surface area contributed by atoms with Crippen LogP contribution in [0.5, 0.6) is 0 Å². The van der Waals surface area contributed by atoms with Crippen molar-refractivity contribution in [3.05, 3.63) is 0 Å². The third-order valence-corrected chi connectivity index (χ3v) is 3.59. The second-order valence-corrected chi connectivity index (χ2v) is 5.46. The normalized spacial score (nSPS) is 18.2. The lowest BCUT2D eigenvalue weighted by atomic mass is 10.3. The van der Waals surface area contributed by atoms with E-state index in [9.17, 15) is 4.79 Å². The molecule has 0 aromatic heterocycles. The monoisotopic (exact) mass is 307 g/mol. The van der Waals surface area contributed by atoms with Gasteiger partial charge in [-0.2, -0.15) is 5.26 Å². The highest BCUT2D eigenvalue weighted by molar-refractivity contribution is 7.99. The Balaban J connectivity index is 0.00000324. The molecule has 0 aromatic rings. The Labute approximate surface area is 125 Å². The van der Waals surface area contributed by atoms with Crippen molar-refractivity contribution in [2.75, 3.05) is 31.3 Å². The van der Waals surface area contributed by atoms with E-state index in [-0.39, 0.29) is 30.5 Å². The van der Waals surface area contributed by atoms with Crippen molar-refractivity contribution in [1.82, 2.24) is 10.2 Å². The zero-order valence-electron chi connectivity index (χ0n) is 11.4. The van der Waals surface area contributed by atoms with Crippen molar-refractivity contribution >= 4 is 30.1 Å². The van der Waals surface area contributed by atoms with E-state index in [0.29, 0.717) is 19.0 Å². The van der Waals surface area contributed by atoms with Crippen LogP contribution in [-0.2, 0) is 9.53 Å². The highest BCUT2D eigenvalue weighted by Gasteiger charge is 2.28. The number of nitrogens with zero attached hydrogens (tertiary/aromatic N) is 2. The number of amides is 1. The summed E-state index contributed by atoms with van der Waals surface area (Å²) in [5, 5.41) is 12.0. The van der Waals surface area contributed by atoms with Gasteiger partial charge in [-0.1, -0.05) is 0 Å². The lowest BCUT2D eigenvalue weighted by Gasteiger charge is -2.18. The van der Waals surface area contributed by atoms with Gasteiger partial charge in [0.25, 0.3) is 0 Å². The molecule has 0 saturated carbocycles. The second-order valence-electron chi connectivity index (χ2n) is 4.46. The Morgan fingerprint density at radius 2 is 2.37 bits per heavy atom. The largest absolute Gasteiger partial charge is 0.379 e. The Morgan fingerprint density at radius 1 is 1.63 bits per heavy atom. The van der Waals surface area contributed by atoms with Gasteiger partial charge in [0.05, 0.1) is 24.6 Å². The molecule has 1 fully saturated rings. The molecule has 1 aliphatic rings. The first-order valence-electron chi connectivity index (χ1n) is 6.24. The first-order valence-corrected chi connectivity index (χ1v) is 7.39. The van der Waals surface area contributed by atoms with Gasteiger partial charge in [0.15, 0.2) is 0 Å². The minimum Gasteiger partial charge on any atom is -0.379 e. The molecule has 1 N–H and O–H groups in total. The highest BCUT2D eigenvalue weighted by Crippen LogP contribution is 2.19. The van der Waals surface area contributed by atoms with Crippen LogP contribution in [-0.4, -0.2) is 54.3 Å². The van der Waals surface area contributed by atoms with Gasteiger partial charge in [-0.25, -0.2) is 0 Å². The highest BCUT2D eigenvalue weighted by atomic mass is 35.5. The SMILES string of the molecule is CC(C)OCCCNCC(=O)N1CSC[C@H]1C#N.Cl. The van der Waals surface area contributed by atoms with Crippen LogP contribution in [0.4, 0.5) is 0 Å². The number of nitriles is 1. The maximum Gasteiger partial charge on any atom is 0.238 e.